The summed E-state index contributed by atoms with van der Waals surface area (Å²) in [5.74, 6) is 0. The quantitative estimate of drug-likeness (QED) is 0.929. The highest BCUT2D eigenvalue weighted by molar-refractivity contribution is 7.83. The molecule has 1 N–H and O–H groups in total. The number of hydrogen-bond donors (Lipinski definition) is 1. The van der Waals surface area contributed by atoms with Crippen LogP contribution < -0.4 is 4.72 Å². The van der Waals surface area contributed by atoms with Crippen molar-refractivity contribution in [3.8, 4) is 0 Å². The lowest BCUT2D eigenvalue weighted by atomic mass is 9.89. The van der Waals surface area contributed by atoms with E-state index in [0.717, 1.165) is 6.07 Å². The van der Waals surface area contributed by atoms with Crippen LogP contribution in [0.15, 0.2) is 23.1 Å². The fraction of sp³-hybridized carbons (Fsp3) is 0.538. The lowest BCUT2D eigenvalue weighted by Crippen LogP contribution is -2.47. The number of halogens is 3. The van der Waals surface area contributed by atoms with E-state index in [1.807, 2.05) is 6.92 Å². The Morgan fingerprint density at radius 2 is 2.05 bits per heavy atom. The molecule has 2 rings (SSSR count). The zero-order valence-corrected chi connectivity index (χ0v) is 12.0. The third-order valence-electron chi connectivity index (χ3n) is 3.17. The van der Waals surface area contributed by atoms with E-state index in [1.165, 1.54) is 12.1 Å². The van der Waals surface area contributed by atoms with E-state index in [9.17, 15) is 17.4 Å². The molecule has 1 aromatic rings. The van der Waals surface area contributed by atoms with Crippen molar-refractivity contribution < 1.29 is 22.1 Å². The van der Waals surface area contributed by atoms with Gasteiger partial charge in [-0.05, 0) is 19.1 Å². The maximum Gasteiger partial charge on any atom is 0.417 e. The van der Waals surface area contributed by atoms with Gasteiger partial charge in [-0.15, -0.1) is 0 Å². The molecule has 1 aliphatic heterocycles. The van der Waals surface area contributed by atoms with Crippen LogP contribution in [0.1, 0.15) is 18.1 Å². The van der Waals surface area contributed by atoms with Crippen LogP contribution in [0.4, 0.5) is 13.2 Å². The van der Waals surface area contributed by atoms with E-state index in [-0.39, 0.29) is 10.3 Å². The average molecular weight is 307 g/mol. The second-order valence-corrected chi connectivity index (χ2v) is 6.66. The molecular weight excluding hydrogens is 291 g/mol. The summed E-state index contributed by atoms with van der Waals surface area (Å²) in [5, 5.41) is 0. The van der Waals surface area contributed by atoms with E-state index in [2.05, 4.69) is 4.72 Å². The zero-order valence-electron chi connectivity index (χ0n) is 11.2. The number of ether oxygens (including phenoxy) is 1. The zero-order chi connectivity index (χ0) is 15.0. The van der Waals surface area contributed by atoms with Crippen molar-refractivity contribution in [2.75, 3.05) is 19.8 Å². The predicted molar refractivity (Wildman–Crippen MR) is 69.5 cm³/mol. The summed E-state index contributed by atoms with van der Waals surface area (Å²) in [5.41, 5.74) is -0.519. The minimum absolute atomic E-state index is 0.154. The third-order valence-corrected chi connectivity index (χ3v) is 4.33. The molecule has 1 aliphatic rings. The summed E-state index contributed by atoms with van der Waals surface area (Å²) >= 11 is 0. The summed E-state index contributed by atoms with van der Waals surface area (Å²) in [6, 6.07) is 3.81. The molecule has 0 aromatic heterocycles. The molecule has 1 aromatic carbocycles. The highest BCUT2D eigenvalue weighted by Crippen LogP contribution is 2.34. The molecule has 7 heteroatoms. The lowest BCUT2D eigenvalue weighted by molar-refractivity contribution is -0.139. The average Bonchev–Trinajstić information content (AvgIpc) is 2.32. The molecule has 1 unspecified atom stereocenters. The molecule has 1 saturated heterocycles. The van der Waals surface area contributed by atoms with Crippen LogP contribution in [0, 0.1) is 12.3 Å². The molecule has 0 radical (unpaired) electrons. The van der Waals surface area contributed by atoms with Crippen molar-refractivity contribution in [3.05, 3.63) is 29.3 Å². The van der Waals surface area contributed by atoms with E-state index in [0.29, 0.717) is 25.3 Å². The maximum atomic E-state index is 13.0. The number of benzene rings is 1. The molecule has 0 saturated carbocycles. The van der Waals surface area contributed by atoms with Gasteiger partial charge in [0.2, 0.25) is 0 Å². The number of rotatable bonds is 4. The number of nitrogens with one attached hydrogen (secondary N) is 1. The molecule has 20 heavy (non-hydrogen) atoms. The van der Waals surface area contributed by atoms with Crippen LogP contribution in [0.3, 0.4) is 0 Å². The highest BCUT2D eigenvalue weighted by Gasteiger charge is 2.37. The van der Waals surface area contributed by atoms with Gasteiger partial charge in [0, 0.05) is 12.0 Å². The SMILES string of the molecule is Cc1ccc(S(=O)NCC2(C)COC2)c(C(F)(F)F)c1. The van der Waals surface area contributed by atoms with E-state index >= 15 is 0 Å². The van der Waals surface area contributed by atoms with E-state index in [4.69, 9.17) is 4.74 Å². The Kier molecular flexibility index (Phi) is 4.22. The van der Waals surface area contributed by atoms with Crippen LogP contribution in [-0.2, 0) is 21.9 Å². The number of hydrogen-bond acceptors (Lipinski definition) is 2. The topological polar surface area (TPSA) is 38.3 Å². The van der Waals surface area contributed by atoms with Gasteiger partial charge in [0.1, 0.15) is 11.0 Å². The largest absolute Gasteiger partial charge is 0.417 e. The van der Waals surface area contributed by atoms with Crippen molar-refractivity contribution in [2.24, 2.45) is 5.41 Å². The standard InChI is InChI=1S/C13H16F3NO2S/c1-9-3-4-11(10(5-9)13(14,15)16)20(18)17-6-12(2)7-19-8-12/h3-5,17H,6-8H2,1-2H3. The lowest BCUT2D eigenvalue weighted by Gasteiger charge is -2.37. The van der Waals surface area contributed by atoms with Crippen molar-refractivity contribution in [1.82, 2.24) is 4.72 Å². The summed E-state index contributed by atoms with van der Waals surface area (Å²) in [4.78, 5) is -0.230. The van der Waals surface area contributed by atoms with Crippen LogP contribution in [0.25, 0.3) is 0 Å². The van der Waals surface area contributed by atoms with Gasteiger partial charge in [-0.3, -0.25) is 0 Å². The first-order chi connectivity index (χ1) is 9.21. The van der Waals surface area contributed by atoms with Gasteiger partial charge in [0.05, 0.1) is 23.7 Å². The first-order valence-electron chi connectivity index (χ1n) is 6.12. The van der Waals surface area contributed by atoms with Gasteiger partial charge in [0.15, 0.2) is 0 Å². The van der Waals surface area contributed by atoms with Crippen molar-refractivity contribution in [2.45, 2.75) is 24.9 Å². The van der Waals surface area contributed by atoms with Crippen LogP contribution in [0.2, 0.25) is 0 Å². The molecule has 3 nitrogen and oxygen atoms in total. The third kappa shape index (κ3) is 3.39. The first kappa shape index (κ1) is 15.5. The Hall–Kier alpha value is -0.920. The van der Waals surface area contributed by atoms with E-state index in [1.54, 1.807) is 6.92 Å². The summed E-state index contributed by atoms with van der Waals surface area (Å²) < 4.78 is 58.7. The highest BCUT2D eigenvalue weighted by atomic mass is 32.2. The van der Waals surface area contributed by atoms with Crippen LogP contribution >= 0.6 is 0 Å². The fourth-order valence-corrected chi connectivity index (χ4v) is 3.10. The molecule has 1 atom stereocenters. The van der Waals surface area contributed by atoms with Gasteiger partial charge >= 0.3 is 6.18 Å². The molecule has 112 valence electrons. The van der Waals surface area contributed by atoms with Crippen LogP contribution in [-0.4, -0.2) is 24.0 Å². The number of alkyl halides is 3. The number of aryl methyl sites for hydroxylation is 1. The molecule has 0 bridgehead atoms. The maximum absolute atomic E-state index is 13.0. The Morgan fingerprint density at radius 3 is 2.55 bits per heavy atom. The van der Waals surface area contributed by atoms with Gasteiger partial charge < -0.3 is 4.74 Å². The Bertz CT molecular complexity index is 527. The van der Waals surface area contributed by atoms with Crippen molar-refractivity contribution in [3.63, 3.8) is 0 Å². The van der Waals surface area contributed by atoms with Crippen molar-refractivity contribution in [1.29, 1.82) is 0 Å². The summed E-state index contributed by atoms with van der Waals surface area (Å²) in [6.07, 6.45) is -4.51. The van der Waals surface area contributed by atoms with Gasteiger partial charge in [-0.1, -0.05) is 18.6 Å². The van der Waals surface area contributed by atoms with Gasteiger partial charge in [-0.25, -0.2) is 8.93 Å². The van der Waals surface area contributed by atoms with Gasteiger partial charge in [-0.2, -0.15) is 13.2 Å². The minimum atomic E-state index is -4.51. The summed E-state index contributed by atoms with van der Waals surface area (Å²) in [6.45, 7) is 4.90. The first-order valence-corrected chi connectivity index (χ1v) is 7.27. The van der Waals surface area contributed by atoms with Crippen molar-refractivity contribution >= 4 is 11.0 Å². The normalized spacial score (nSPS) is 19.4. The molecule has 1 heterocycles. The van der Waals surface area contributed by atoms with E-state index < -0.39 is 22.7 Å². The van der Waals surface area contributed by atoms with Gasteiger partial charge in [0.25, 0.3) is 0 Å². The Morgan fingerprint density at radius 1 is 1.40 bits per heavy atom. The molecule has 0 aliphatic carbocycles. The minimum Gasteiger partial charge on any atom is -0.380 e. The summed E-state index contributed by atoms with van der Waals surface area (Å²) in [7, 11) is -1.89. The molecular formula is C13H16F3NO2S. The Labute approximate surface area is 118 Å². The predicted octanol–water partition coefficient (Wildman–Crippen LogP) is 2.66. The Balaban J connectivity index is 2.17. The second kappa shape index (κ2) is 5.46. The smallest absolute Gasteiger partial charge is 0.380 e. The monoisotopic (exact) mass is 307 g/mol. The molecule has 0 spiro atoms. The van der Waals surface area contributed by atoms with Crippen LogP contribution in [0.5, 0.6) is 0 Å². The fourth-order valence-electron chi connectivity index (χ4n) is 1.90. The molecule has 0 amide bonds. The molecule has 1 fully saturated rings. The second-order valence-electron chi connectivity index (χ2n) is 5.39.